The van der Waals surface area contributed by atoms with E-state index in [9.17, 15) is 9.59 Å². The second-order valence-corrected chi connectivity index (χ2v) is 3.57. The fourth-order valence-corrected chi connectivity index (χ4v) is 1.78. The molecule has 2 rings (SSSR count). The van der Waals surface area contributed by atoms with Crippen LogP contribution < -0.4 is 0 Å². The smallest absolute Gasteiger partial charge is 0.313 e. The molecule has 0 radical (unpaired) electrons. The Hall–Kier alpha value is -1.69. The first-order valence-electron chi connectivity index (χ1n) is 4.92. The van der Waals surface area contributed by atoms with Gasteiger partial charge >= 0.3 is 5.97 Å². The van der Waals surface area contributed by atoms with Crippen LogP contribution in [0.25, 0.3) is 0 Å². The molecule has 1 aromatic heterocycles. The van der Waals surface area contributed by atoms with Crippen molar-refractivity contribution in [2.75, 3.05) is 20.3 Å². The van der Waals surface area contributed by atoms with E-state index >= 15 is 0 Å². The molecule has 2 unspecified atom stereocenters. The second-order valence-electron chi connectivity index (χ2n) is 3.57. The quantitative estimate of drug-likeness (QED) is 0.536. The lowest BCUT2D eigenvalue weighted by Gasteiger charge is -2.15. The number of carbonyl (C=O) groups excluding carboxylic acids is 2. The summed E-state index contributed by atoms with van der Waals surface area (Å²) in [4.78, 5) is 22.0. The highest BCUT2D eigenvalue weighted by atomic mass is 16.5. The number of nitrogens with zero attached hydrogens (tertiary/aromatic N) is 2. The van der Waals surface area contributed by atoms with Crippen molar-refractivity contribution in [3.05, 3.63) is 18.0 Å². The standard InChI is InChI=1S/C10H12N2O4/c1-15-10(14)8-5-16-6-9(8)12-3-2-7(4-13)11-12/h2-4,8-9H,5-6H2,1H3. The molecule has 0 N–H and O–H groups in total. The lowest BCUT2D eigenvalue weighted by molar-refractivity contribution is -0.146. The minimum atomic E-state index is -0.357. The van der Waals surface area contributed by atoms with Gasteiger partial charge in [0.25, 0.3) is 0 Å². The van der Waals surface area contributed by atoms with E-state index in [2.05, 4.69) is 9.84 Å². The van der Waals surface area contributed by atoms with E-state index in [0.717, 1.165) is 0 Å². The molecule has 0 spiro atoms. The zero-order chi connectivity index (χ0) is 11.5. The summed E-state index contributed by atoms with van der Waals surface area (Å²) in [6.45, 7) is 0.730. The first kappa shape index (κ1) is 10.8. The largest absolute Gasteiger partial charge is 0.469 e. The van der Waals surface area contributed by atoms with Crippen molar-refractivity contribution in [3.63, 3.8) is 0 Å². The van der Waals surface area contributed by atoms with E-state index in [1.165, 1.54) is 7.11 Å². The Morgan fingerprint density at radius 2 is 2.50 bits per heavy atom. The third-order valence-electron chi connectivity index (χ3n) is 2.64. The minimum absolute atomic E-state index is 0.193. The maximum absolute atomic E-state index is 11.5. The number of esters is 1. The van der Waals surface area contributed by atoms with Crippen LogP contribution in [0.1, 0.15) is 16.5 Å². The Morgan fingerprint density at radius 3 is 3.12 bits per heavy atom. The highest BCUT2D eigenvalue weighted by molar-refractivity contribution is 5.73. The van der Waals surface area contributed by atoms with Crippen LogP contribution in [-0.4, -0.2) is 42.4 Å². The molecule has 1 aliphatic heterocycles. The van der Waals surface area contributed by atoms with Gasteiger partial charge in [0.15, 0.2) is 6.29 Å². The van der Waals surface area contributed by atoms with Crippen molar-refractivity contribution in [3.8, 4) is 0 Å². The highest BCUT2D eigenvalue weighted by Gasteiger charge is 2.36. The van der Waals surface area contributed by atoms with E-state index in [1.54, 1.807) is 16.9 Å². The average Bonchev–Trinajstić information content (AvgIpc) is 2.95. The molecule has 1 aromatic rings. The van der Waals surface area contributed by atoms with Gasteiger partial charge < -0.3 is 9.47 Å². The summed E-state index contributed by atoms with van der Waals surface area (Å²) in [6.07, 6.45) is 2.33. The number of hydrogen-bond acceptors (Lipinski definition) is 5. The van der Waals surface area contributed by atoms with Gasteiger partial charge in [-0.05, 0) is 6.07 Å². The number of aromatic nitrogens is 2. The maximum Gasteiger partial charge on any atom is 0.313 e. The van der Waals surface area contributed by atoms with Gasteiger partial charge in [-0.2, -0.15) is 5.10 Å². The fraction of sp³-hybridized carbons (Fsp3) is 0.500. The van der Waals surface area contributed by atoms with Crippen LogP contribution in [0, 0.1) is 5.92 Å². The number of carbonyl (C=O) groups is 2. The van der Waals surface area contributed by atoms with Gasteiger partial charge in [0, 0.05) is 6.20 Å². The first-order valence-corrected chi connectivity index (χ1v) is 4.92. The molecule has 2 atom stereocenters. The van der Waals surface area contributed by atoms with Crippen molar-refractivity contribution in [2.24, 2.45) is 5.92 Å². The van der Waals surface area contributed by atoms with E-state index in [1.807, 2.05) is 0 Å². The molecule has 86 valence electrons. The third kappa shape index (κ3) is 1.83. The van der Waals surface area contributed by atoms with Gasteiger partial charge in [-0.1, -0.05) is 0 Å². The lowest BCUT2D eigenvalue weighted by atomic mass is 10.0. The van der Waals surface area contributed by atoms with Crippen LogP contribution >= 0.6 is 0 Å². The van der Waals surface area contributed by atoms with Crippen LogP contribution in [-0.2, 0) is 14.3 Å². The van der Waals surface area contributed by atoms with Gasteiger partial charge in [-0.3, -0.25) is 14.3 Å². The average molecular weight is 224 g/mol. The number of hydrogen-bond donors (Lipinski definition) is 0. The number of aldehydes is 1. The van der Waals surface area contributed by atoms with Crippen LogP contribution in [0.3, 0.4) is 0 Å². The van der Waals surface area contributed by atoms with Crippen molar-refractivity contribution in [1.82, 2.24) is 9.78 Å². The van der Waals surface area contributed by atoms with Gasteiger partial charge in [0.05, 0.1) is 26.4 Å². The number of ether oxygens (including phenoxy) is 2. The molecule has 0 amide bonds. The summed E-state index contributed by atoms with van der Waals surface area (Å²) < 4.78 is 11.5. The van der Waals surface area contributed by atoms with Crippen molar-refractivity contribution < 1.29 is 19.1 Å². The molecule has 6 heteroatoms. The third-order valence-corrected chi connectivity index (χ3v) is 2.64. The molecule has 0 aliphatic carbocycles. The number of rotatable bonds is 3. The van der Waals surface area contributed by atoms with Crippen LogP contribution in [0.4, 0.5) is 0 Å². The molecule has 0 aromatic carbocycles. The molecule has 16 heavy (non-hydrogen) atoms. The monoisotopic (exact) mass is 224 g/mol. The predicted molar refractivity (Wildman–Crippen MR) is 53.0 cm³/mol. The molecular weight excluding hydrogens is 212 g/mol. The van der Waals surface area contributed by atoms with E-state index in [4.69, 9.17) is 4.74 Å². The maximum atomic E-state index is 11.5. The first-order chi connectivity index (χ1) is 7.76. The SMILES string of the molecule is COC(=O)C1COCC1n1ccc(C=O)n1. The highest BCUT2D eigenvalue weighted by Crippen LogP contribution is 2.26. The molecule has 1 aliphatic rings. The summed E-state index contributed by atoms with van der Waals surface area (Å²) in [7, 11) is 1.34. The Balaban J connectivity index is 2.19. The molecule has 0 saturated carbocycles. The lowest BCUT2D eigenvalue weighted by Crippen LogP contribution is -2.26. The Bertz CT molecular complexity index is 401. The predicted octanol–water partition coefficient (Wildman–Crippen LogP) is 0.0561. The van der Waals surface area contributed by atoms with E-state index in [-0.39, 0.29) is 17.9 Å². The summed E-state index contributed by atoms with van der Waals surface area (Å²) in [5.41, 5.74) is 0.343. The summed E-state index contributed by atoms with van der Waals surface area (Å²) in [5.74, 6) is -0.671. The summed E-state index contributed by atoms with van der Waals surface area (Å²) >= 11 is 0. The minimum Gasteiger partial charge on any atom is -0.469 e. The molecule has 6 nitrogen and oxygen atoms in total. The van der Waals surface area contributed by atoms with E-state index < -0.39 is 0 Å². The van der Waals surface area contributed by atoms with Crippen molar-refractivity contribution >= 4 is 12.3 Å². The molecule has 2 heterocycles. The van der Waals surface area contributed by atoms with Crippen LogP contribution in [0.5, 0.6) is 0 Å². The molecule has 0 bridgehead atoms. The van der Waals surface area contributed by atoms with E-state index in [0.29, 0.717) is 25.2 Å². The van der Waals surface area contributed by atoms with Crippen molar-refractivity contribution in [1.29, 1.82) is 0 Å². The van der Waals surface area contributed by atoms with Gasteiger partial charge in [0.2, 0.25) is 0 Å². The zero-order valence-corrected chi connectivity index (χ0v) is 8.83. The Kier molecular flexibility index (Phi) is 3.00. The summed E-state index contributed by atoms with van der Waals surface area (Å²) in [5, 5.41) is 4.04. The Labute approximate surface area is 92.1 Å². The molecule has 1 fully saturated rings. The van der Waals surface area contributed by atoms with Crippen LogP contribution in [0.2, 0.25) is 0 Å². The van der Waals surface area contributed by atoms with Gasteiger partial charge in [0.1, 0.15) is 11.6 Å². The topological polar surface area (TPSA) is 70.4 Å². The molecule has 1 saturated heterocycles. The normalized spacial score (nSPS) is 24.3. The fourth-order valence-electron chi connectivity index (χ4n) is 1.78. The van der Waals surface area contributed by atoms with Crippen molar-refractivity contribution in [2.45, 2.75) is 6.04 Å². The zero-order valence-electron chi connectivity index (χ0n) is 8.83. The Morgan fingerprint density at radius 1 is 1.69 bits per heavy atom. The van der Waals surface area contributed by atoms with Gasteiger partial charge in [-0.25, -0.2) is 0 Å². The number of methoxy groups -OCH3 is 1. The molecular formula is C10H12N2O4. The van der Waals surface area contributed by atoms with Gasteiger partial charge in [-0.15, -0.1) is 0 Å². The van der Waals surface area contributed by atoms with Crippen LogP contribution in [0.15, 0.2) is 12.3 Å². The summed E-state index contributed by atoms with van der Waals surface area (Å²) in [6, 6.07) is 1.40. The second kappa shape index (κ2) is 4.44.